The monoisotopic (exact) mass is 286 g/mol. The molecule has 6 nitrogen and oxygen atoms in total. The van der Waals surface area contributed by atoms with Crippen molar-refractivity contribution in [1.82, 2.24) is 4.98 Å². The van der Waals surface area contributed by atoms with Crippen molar-refractivity contribution < 1.29 is 14.3 Å². The van der Waals surface area contributed by atoms with Crippen LogP contribution >= 0.6 is 0 Å². The van der Waals surface area contributed by atoms with Gasteiger partial charge in [0.1, 0.15) is 0 Å². The van der Waals surface area contributed by atoms with Crippen LogP contribution in [0.5, 0.6) is 0 Å². The van der Waals surface area contributed by atoms with E-state index in [1.807, 2.05) is 0 Å². The average Bonchev–Trinajstić information content (AvgIpc) is 2.53. The molecule has 0 radical (unpaired) electrons. The first-order chi connectivity index (χ1) is 10.0. The van der Waals surface area contributed by atoms with Gasteiger partial charge in [-0.3, -0.25) is 9.59 Å². The van der Waals surface area contributed by atoms with Gasteiger partial charge in [-0.25, -0.2) is 4.79 Å². The number of amides is 1. The van der Waals surface area contributed by atoms with Crippen molar-refractivity contribution in [2.75, 3.05) is 19.1 Å². The molecule has 21 heavy (non-hydrogen) atoms. The minimum absolute atomic E-state index is 0.288. The maximum Gasteiger partial charge on any atom is 0.339 e. The van der Waals surface area contributed by atoms with E-state index in [1.165, 1.54) is 30.3 Å². The van der Waals surface area contributed by atoms with Gasteiger partial charge in [0.2, 0.25) is 5.56 Å². The fourth-order valence-corrected chi connectivity index (χ4v) is 1.90. The number of esters is 1. The Kier molecular flexibility index (Phi) is 4.18. The summed E-state index contributed by atoms with van der Waals surface area (Å²) in [6, 6.07) is 9.34. The van der Waals surface area contributed by atoms with E-state index in [1.54, 1.807) is 31.3 Å². The summed E-state index contributed by atoms with van der Waals surface area (Å²) in [7, 11) is 2.83. The summed E-state index contributed by atoms with van der Waals surface area (Å²) >= 11 is 0. The van der Waals surface area contributed by atoms with Gasteiger partial charge in [0.15, 0.2) is 0 Å². The Hall–Kier alpha value is -2.89. The molecule has 0 atom stereocenters. The van der Waals surface area contributed by atoms with E-state index in [9.17, 15) is 14.4 Å². The number of hydrogen-bond donors (Lipinski definition) is 1. The number of aromatic nitrogens is 1. The molecular weight excluding hydrogens is 272 g/mol. The van der Waals surface area contributed by atoms with Gasteiger partial charge < -0.3 is 14.6 Å². The molecule has 0 bridgehead atoms. The Labute approximate surface area is 121 Å². The second-order valence-corrected chi connectivity index (χ2v) is 4.31. The third-order valence-electron chi connectivity index (χ3n) is 3.01. The molecule has 1 heterocycles. The SMILES string of the molecule is COC(=O)c1ccccc1N(C)C(=O)c1ccc(=O)[nH]c1. The number of benzene rings is 1. The number of ether oxygens (including phenoxy) is 1. The zero-order valence-electron chi connectivity index (χ0n) is 11.6. The lowest BCUT2D eigenvalue weighted by Crippen LogP contribution is -2.28. The van der Waals surface area contributed by atoms with Crippen LogP contribution in [0.2, 0.25) is 0 Å². The van der Waals surface area contributed by atoms with Crippen molar-refractivity contribution in [2.24, 2.45) is 0 Å². The maximum absolute atomic E-state index is 12.4. The minimum atomic E-state index is -0.522. The first-order valence-electron chi connectivity index (χ1n) is 6.18. The Morgan fingerprint density at radius 3 is 2.48 bits per heavy atom. The van der Waals surface area contributed by atoms with Gasteiger partial charge in [0, 0.05) is 19.3 Å². The number of nitrogens with zero attached hydrogens (tertiary/aromatic N) is 1. The van der Waals surface area contributed by atoms with E-state index in [-0.39, 0.29) is 11.5 Å². The number of pyridine rings is 1. The minimum Gasteiger partial charge on any atom is -0.465 e. The number of hydrogen-bond acceptors (Lipinski definition) is 4. The summed E-state index contributed by atoms with van der Waals surface area (Å²) in [6.07, 6.45) is 1.34. The molecule has 0 spiro atoms. The summed E-state index contributed by atoms with van der Waals surface area (Å²) in [5.74, 6) is -0.866. The van der Waals surface area contributed by atoms with Crippen LogP contribution in [0, 0.1) is 0 Å². The molecule has 0 aliphatic heterocycles. The van der Waals surface area contributed by atoms with Crippen LogP contribution in [-0.4, -0.2) is 31.0 Å². The van der Waals surface area contributed by atoms with E-state index < -0.39 is 5.97 Å². The lowest BCUT2D eigenvalue weighted by atomic mass is 10.1. The summed E-state index contributed by atoms with van der Waals surface area (Å²) in [4.78, 5) is 38.9. The Morgan fingerprint density at radius 2 is 1.86 bits per heavy atom. The van der Waals surface area contributed by atoms with Gasteiger partial charge in [-0.15, -0.1) is 0 Å². The summed E-state index contributed by atoms with van der Waals surface area (Å²) in [6.45, 7) is 0. The molecule has 0 aliphatic rings. The predicted molar refractivity (Wildman–Crippen MR) is 77.6 cm³/mol. The molecule has 0 aliphatic carbocycles. The number of nitrogens with one attached hydrogen (secondary N) is 1. The van der Waals surface area contributed by atoms with Gasteiger partial charge in [-0.05, 0) is 18.2 Å². The van der Waals surface area contributed by atoms with E-state index in [0.717, 1.165) is 0 Å². The highest BCUT2D eigenvalue weighted by Crippen LogP contribution is 2.21. The van der Waals surface area contributed by atoms with E-state index >= 15 is 0 Å². The van der Waals surface area contributed by atoms with E-state index in [4.69, 9.17) is 4.74 Å². The summed E-state index contributed by atoms with van der Waals surface area (Å²) in [5, 5.41) is 0. The third-order valence-corrected chi connectivity index (χ3v) is 3.01. The van der Waals surface area contributed by atoms with Gasteiger partial charge in [0.05, 0.1) is 23.9 Å². The van der Waals surface area contributed by atoms with Crippen molar-refractivity contribution in [3.63, 3.8) is 0 Å². The molecule has 1 aromatic heterocycles. The van der Waals surface area contributed by atoms with Crippen LogP contribution in [-0.2, 0) is 4.74 Å². The van der Waals surface area contributed by atoms with Gasteiger partial charge >= 0.3 is 5.97 Å². The quantitative estimate of drug-likeness (QED) is 0.866. The van der Waals surface area contributed by atoms with Crippen LogP contribution < -0.4 is 10.5 Å². The van der Waals surface area contributed by atoms with Crippen molar-refractivity contribution in [2.45, 2.75) is 0 Å². The topological polar surface area (TPSA) is 79.5 Å². The smallest absolute Gasteiger partial charge is 0.339 e. The first-order valence-corrected chi connectivity index (χ1v) is 6.18. The van der Waals surface area contributed by atoms with Gasteiger partial charge in [-0.1, -0.05) is 12.1 Å². The van der Waals surface area contributed by atoms with Gasteiger partial charge in [-0.2, -0.15) is 0 Å². The van der Waals surface area contributed by atoms with Crippen LogP contribution in [0.1, 0.15) is 20.7 Å². The molecule has 6 heteroatoms. The zero-order chi connectivity index (χ0) is 15.4. The Morgan fingerprint density at radius 1 is 1.14 bits per heavy atom. The fourth-order valence-electron chi connectivity index (χ4n) is 1.90. The number of H-pyrrole nitrogens is 1. The molecule has 1 aromatic carbocycles. The summed E-state index contributed by atoms with van der Waals surface area (Å²) in [5.41, 5.74) is 0.752. The number of anilines is 1. The highest BCUT2D eigenvalue weighted by Gasteiger charge is 2.19. The molecule has 2 aromatic rings. The molecule has 108 valence electrons. The van der Waals surface area contributed by atoms with Crippen molar-refractivity contribution >= 4 is 17.6 Å². The standard InChI is InChI=1S/C15H14N2O4/c1-17(14(19)10-7-8-13(18)16-9-10)12-6-4-3-5-11(12)15(20)21-2/h3-9H,1-2H3,(H,16,18). The molecule has 0 fully saturated rings. The summed E-state index contributed by atoms with van der Waals surface area (Å²) < 4.78 is 4.70. The second-order valence-electron chi connectivity index (χ2n) is 4.31. The van der Waals surface area contributed by atoms with E-state index in [2.05, 4.69) is 4.98 Å². The van der Waals surface area contributed by atoms with E-state index in [0.29, 0.717) is 16.8 Å². The molecular formula is C15H14N2O4. The normalized spacial score (nSPS) is 10.0. The second kappa shape index (κ2) is 6.04. The number of methoxy groups -OCH3 is 1. The molecule has 1 amide bonds. The first kappa shape index (κ1) is 14.5. The molecule has 0 unspecified atom stereocenters. The number of carbonyl (C=O) groups is 2. The maximum atomic E-state index is 12.4. The molecule has 0 saturated carbocycles. The molecule has 2 rings (SSSR count). The van der Waals surface area contributed by atoms with Gasteiger partial charge in [0.25, 0.3) is 5.91 Å². The predicted octanol–water partition coefficient (Wildman–Crippen LogP) is 1.44. The van der Waals surface area contributed by atoms with Crippen molar-refractivity contribution in [3.8, 4) is 0 Å². The Bertz CT molecular complexity index is 716. The number of rotatable bonds is 3. The highest BCUT2D eigenvalue weighted by atomic mass is 16.5. The highest BCUT2D eigenvalue weighted by molar-refractivity contribution is 6.09. The number of para-hydroxylation sites is 1. The largest absolute Gasteiger partial charge is 0.465 e. The molecule has 0 saturated heterocycles. The number of aromatic amines is 1. The lowest BCUT2D eigenvalue weighted by molar-refractivity contribution is 0.0601. The van der Waals surface area contributed by atoms with Crippen LogP contribution in [0.15, 0.2) is 47.4 Å². The van der Waals surface area contributed by atoms with Crippen LogP contribution in [0.25, 0.3) is 0 Å². The van der Waals surface area contributed by atoms with Crippen molar-refractivity contribution in [1.29, 1.82) is 0 Å². The average molecular weight is 286 g/mol. The van der Waals surface area contributed by atoms with Crippen molar-refractivity contribution in [3.05, 3.63) is 64.1 Å². The zero-order valence-corrected chi connectivity index (χ0v) is 11.6. The van der Waals surface area contributed by atoms with Crippen LogP contribution in [0.4, 0.5) is 5.69 Å². The fraction of sp³-hybridized carbons (Fsp3) is 0.133. The Balaban J connectivity index is 2.38. The third kappa shape index (κ3) is 3.00. The lowest BCUT2D eigenvalue weighted by Gasteiger charge is -2.19. The molecule has 1 N–H and O–H groups in total. The van der Waals surface area contributed by atoms with Crippen LogP contribution in [0.3, 0.4) is 0 Å². The number of carbonyl (C=O) groups excluding carboxylic acids is 2.